The van der Waals surface area contributed by atoms with Crippen molar-refractivity contribution in [1.82, 2.24) is 0 Å². The SMILES string of the molecule is CC(C)(C)OC(=O)[C@](C#N)(c1ccccc1)[C@@H]1CC(=O)N(c2ccccc2)C1=O. The number of carbonyl (C=O) groups excluding carboxylic acids is 3. The van der Waals surface area contributed by atoms with Gasteiger partial charge < -0.3 is 4.74 Å². The van der Waals surface area contributed by atoms with Crippen LogP contribution in [-0.4, -0.2) is 23.4 Å². The van der Waals surface area contributed by atoms with Crippen LogP contribution in [0.2, 0.25) is 0 Å². The van der Waals surface area contributed by atoms with Gasteiger partial charge in [0.1, 0.15) is 5.60 Å². The molecule has 0 spiro atoms. The van der Waals surface area contributed by atoms with Gasteiger partial charge in [-0.1, -0.05) is 48.5 Å². The van der Waals surface area contributed by atoms with Crippen LogP contribution in [0.4, 0.5) is 5.69 Å². The summed E-state index contributed by atoms with van der Waals surface area (Å²) in [5.74, 6) is -3.06. The minimum atomic E-state index is -1.93. The molecule has 2 amide bonds. The predicted molar refractivity (Wildman–Crippen MR) is 107 cm³/mol. The van der Waals surface area contributed by atoms with E-state index in [0.717, 1.165) is 4.90 Å². The highest BCUT2D eigenvalue weighted by Crippen LogP contribution is 2.42. The molecule has 1 fully saturated rings. The third-order valence-electron chi connectivity index (χ3n) is 4.81. The number of esters is 1. The number of amides is 2. The summed E-state index contributed by atoms with van der Waals surface area (Å²) in [7, 11) is 0. The number of hydrogen-bond acceptors (Lipinski definition) is 5. The Bertz CT molecular complexity index is 973. The van der Waals surface area contributed by atoms with E-state index in [-0.39, 0.29) is 6.42 Å². The largest absolute Gasteiger partial charge is 0.459 e. The van der Waals surface area contributed by atoms with E-state index in [1.165, 1.54) is 0 Å². The molecule has 2 aromatic rings. The molecule has 2 aromatic carbocycles. The number of nitrogens with zero attached hydrogens (tertiary/aromatic N) is 2. The van der Waals surface area contributed by atoms with Gasteiger partial charge in [0.05, 0.1) is 17.7 Å². The summed E-state index contributed by atoms with van der Waals surface area (Å²) >= 11 is 0. The molecule has 29 heavy (non-hydrogen) atoms. The lowest BCUT2D eigenvalue weighted by Gasteiger charge is -2.32. The highest BCUT2D eigenvalue weighted by atomic mass is 16.6. The Kier molecular flexibility index (Phi) is 5.25. The molecule has 6 nitrogen and oxygen atoms in total. The van der Waals surface area contributed by atoms with Crippen molar-refractivity contribution < 1.29 is 19.1 Å². The quantitative estimate of drug-likeness (QED) is 0.590. The van der Waals surface area contributed by atoms with Crippen molar-refractivity contribution in [3.63, 3.8) is 0 Å². The molecule has 0 saturated carbocycles. The van der Waals surface area contributed by atoms with Crippen LogP contribution in [0.3, 0.4) is 0 Å². The number of rotatable bonds is 4. The maximum Gasteiger partial charge on any atom is 0.332 e. The van der Waals surface area contributed by atoms with E-state index in [4.69, 9.17) is 4.74 Å². The molecule has 0 aromatic heterocycles. The molecule has 1 aliphatic heterocycles. The molecule has 3 rings (SSSR count). The van der Waals surface area contributed by atoms with Crippen LogP contribution in [0, 0.1) is 17.2 Å². The zero-order valence-corrected chi connectivity index (χ0v) is 16.6. The van der Waals surface area contributed by atoms with Crippen molar-refractivity contribution in [3.05, 3.63) is 66.2 Å². The van der Waals surface area contributed by atoms with Crippen LogP contribution in [-0.2, 0) is 24.5 Å². The first-order valence-corrected chi connectivity index (χ1v) is 9.33. The lowest BCUT2D eigenvalue weighted by atomic mass is 9.70. The molecule has 0 bridgehead atoms. The minimum absolute atomic E-state index is 0.255. The second-order valence-electron chi connectivity index (χ2n) is 7.95. The summed E-state index contributed by atoms with van der Waals surface area (Å²) in [6.45, 7) is 5.07. The van der Waals surface area contributed by atoms with E-state index >= 15 is 0 Å². The highest BCUT2D eigenvalue weighted by molar-refractivity contribution is 6.22. The van der Waals surface area contributed by atoms with Gasteiger partial charge in [-0.05, 0) is 38.5 Å². The monoisotopic (exact) mass is 390 g/mol. The zero-order chi connectivity index (χ0) is 21.2. The molecule has 0 radical (unpaired) electrons. The predicted octanol–water partition coefficient (Wildman–Crippen LogP) is 3.37. The molecule has 148 valence electrons. The van der Waals surface area contributed by atoms with Crippen LogP contribution in [0.1, 0.15) is 32.8 Å². The fourth-order valence-corrected chi connectivity index (χ4v) is 3.53. The molecule has 1 saturated heterocycles. The second kappa shape index (κ2) is 7.51. The number of para-hydroxylation sites is 1. The summed E-state index contributed by atoms with van der Waals surface area (Å²) in [5, 5.41) is 10.2. The first-order valence-electron chi connectivity index (χ1n) is 9.33. The molecule has 2 atom stereocenters. The fourth-order valence-electron chi connectivity index (χ4n) is 3.53. The van der Waals surface area contributed by atoms with Crippen molar-refractivity contribution in [2.75, 3.05) is 4.90 Å². The van der Waals surface area contributed by atoms with Crippen LogP contribution >= 0.6 is 0 Å². The average Bonchev–Trinajstić information content (AvgIpc) is 2.97. The van der Waals surface area contributed by atoms with Crippen molar-refractivity contribution in [2.24, 2.45) is 5.92 Å². The summed E-state index contributed by atoms with van der Waals surface area (Å²) in [6, 6.07) is 18.9. The molecule has 0 unspecified atom stereocenters. The zero-order valence-electron chi connectivity index (χ0n) is 16.6. The van der Waals surface area contributed by atoms with Crippen molar-refractivity contribution in [1.29, 1.82) is 5.26 Å². The molecular formula is C23H22N2O4. The molecule has 0 N–H and O–H groups in total. The second-order valence-corrected chi connectivity index (χ2v) is 7.95. The Morgan fingerprint density at radius 3 is 2.10 bits per heavy atom. The average molecular weight is 390 g/mol. The third kappa shape index (κ3) is 3.64. The first kappa shape index (κ1) is 20.3. The van der Waals surface area contributed by atoms with Gasteiger partial charge in [-0.25, -0.2) is 4.79 Å². The van der Waals surface area contributed by atoms with Crippen molar-refractivity contribution in [2.45, 2.75) is 38.2 Å². The van der Waals surface area contributed by atoms with Crippen molar-refractivity contribution >= 4 is 23.5 Å². The van der Waals surface area contributed by atoms with Crippen LogP contribution in [0.25, 0.3) is 0 Å². The van der Waals surface area contributed by atoms with E-state index < -0.39 is 34.7 Å². The Morgan fingerprint density at radius 1 is 1.03 bits per heavy atom. The van der Waals surface area contributed by atoms with Gasteiger partial charge in [0, 0.05) is 6.42 Å². The third-order valence-corrected chi connectivity index (χ3v) is 4.81. The first-order chi connectivity index (χ1) is 13.7. The van der Waals surface area contributed by atoms with Crippen LogP contribution in [0.5, 0.6) is 0 Å². The topological polar surface area (TPSA) is 87.5 Å². The molecule has 1 heterocycles. The van der Waals surface area contributed by atoms with Crippen LogP contribution in [0.15, 0.2) is 60.7 Å². The number of ether oxygens (including phenoxy) is 1. The Hall–Kier alpha value is -3.46. The smallest absolute Gasteiger partial charge is 0.332 e. The van der Waals surface area contributed by atoms with Gasteiger partial charge in [0.2, 0.25) is 11.8 Å². The summed E-state index contributed by atoms with van der Waals surface area (Å²) in [4.78, 5) is 40.4. The van der Waals surface area contributed by atoms with E-state index in [0.29, 0.717) is 11.3 Å². The fraction of sp³-hybridized carbons (Fsp3) is 0.304. The number of nitriles is 1. The van der Waals surface area contributed by atoms with E-state index in [1.54, 1.807) is 81.4 Å². The van der Waals surface area contributed by atoms with Gasteiger partial charge in [0.25, 0.3) is 0 Å². The Balaban J connectivity index is 2.12. The number of anilines is 1. The van der Waals surface area contributed by atoms with Crippen LogP contribution < -0.4 is 4.90 Å². The molecule has 1 aliphatic rings. The van der Waals surface area contributed by atoms with Gasteiger partial charge in [0.15, 0.2) is 5.41 Å². The van der Waals surface area contributed by atoms with E-state index in [2.05, 4.69) is 0 Å². The molecule has 6 heteroatoms. The maximum absolute atomic E-state index is 13.3. The lowest BCUT2D eigenvalue weighted by molar-refractivity contribution is -0.163. The summed E-state index contributed by atoms with van der Waals surface area (Å²) < 4.78 is 5.54. The van der Waals surface area contributed by atoms with E-state index in [1.807, 2.05) is 6.07 Å². The normalized spacial score (nSPS) is 18.8. The van der Waals surface area contributed by atoms with Gasteiger partial charge in [-0.2, -0.15) is 5.26 Å². The highest BCUT2D eigenvalue weighted by Gasteiger charge is 2.59. The number of hydrogen-bond donors (Lipinski definition) is 0. The Morgan fingerprint density at radius 2 is 1.59 bits per heavy atom. The maximum atomic E-state index is 13.3. The van der Waals surface area contributed by atoms with Gasteiger partial charge in [-0.3, -0.25) is 14.5 Å². The summed E-state index contributed by atoms with van der Waals surface area (Å²) in [5.41, 5.74) is -2.05. The minimum Gasteiger partial charge on any atom is -0.459 e. The van der Waals surface area contributed by atoms with Gasteiger partial charge in [-0.15, -0.1) is 0 Å². The molecule has 0 aliphatic carbocycles. The Labute approximate surface area is 169 Å². The number of imide groups is 1. The van der Waals surface area contributed by atoms with E-state index in [9.17, 15) is 19.6 Å². The molecular weight excluding hydrogens is 368 g/mol. The summed E-state index contributed by atoms with van der Waals surface area (Å²) in [6.07, 6.45) is -0.255. The number of carbonyl (C=O) groups is 3. The lowest BCUT2D eigenvalue weighted by Crippen LogP contribution is -2.48. The van der Waals surface area contributed by atoms with Crippen molar-refractivity contribution in [3.8, 4) is 6.07 Å². The standard InChI is InChI=1S/C23H22N2O4/c1-22(2,3)29-21(28)23(15-24,16-10-6-4-7-11-16)18-14-19(26)25(20(18)27)17-12-8-5-9-13-17/h4-13,18H,14H2,1-3H3/t18-,23-/m1/s1. The van der Waals surface area contributed by atoms with Gasteiger partial charge >= 0.3 is 5.97 Å². The number of benzene rings is 2.